The van der Waals surface area contributed by atoms with E-state index in [4.69, 9.17) is 0 Å². The second-order valence-electron chi connectivity index (χ2n) is 7.24. The van der Waals surface area contributed by atoms with Crippen molar-refractivity contribution in [1.82, 2.24) is 4.90 Å². The highest BCUT2D eigenvalue weighted by atomic mass is 16.2. The van der Waals surface area contributed by atoms with Crippen LogP contribution in [0.2, 0.25) is 0 Å². The number of rotatable bonds is 5. The smallest absolute Gasteiger partial charge is 0.282 e. The highest BCUT2D eigenvalue weighted by Crippen LogP contribution is 2.19. The molecule has 0 atom stereocenters. The average Bonchev–Trinajstić information content (AvgIpc) is 2.67. The summed E-state index contributed by atoms with van der Waals surface area (Å²) in [7, 11) is 0. The predicted octanol–water partition coefficient (Wildman–Crippen LogP) is 1.28. The zero-order valence-corrected chi connectivity index (χ0v) is 16.1. The van der Waals surface area contributed by atoms with Gasteiger partial charge in [-0.25, -0.2) is 0 Å². The van der Waals surface area contributed by atoms with Crippen LogP contribution in [0, 0.1) is 6.92 Å². The monoisotopic (exact) mass is 366 g/mol. The molecule has 0 unspecified atom stereocenters. The van der Waals surface area contributed by atoms with Crippen molar-refractivity contribution < 1.29 is 14.5 Å². The van der Waals surface area contributed by atoms with Gasteiger partial charge in [0, 0.05) is 12.6 Å². The fourth-order valence-corrected chi connectivity index (χ4v) is 3.51. The maximum absolute atomic E-state index is 13.2. The number of anilines is 1. The Kier molecular flexibility index (Phi) is 6.24. The molecule has 0 aliphatic carbocycles. The van der Waals surface area contributed by atoms with E-state index in [0.717, 1.165) is 43.0 Å². The molecule has 27 heavy (non-hydrogen) atoms. The average molecular weight is 366 g/mol. The molecule has 1 heterocycles. The number of carbonyl (C=O) groups excluding carboxylic acids is 2. The maximum atomic E-state index is 13.2. The third-order valence-electron chi connectivity index (χ3n) is 5.11. The van der Waals surface area contributed by atoms with Crippen LogP contribution in [0.1, 0.15) is 18.1 Å². The Labute approximate surface area is 161 Å². The van der Waals surface area contributed by atoms with Crippen LogP contribution < -0.4 is 9.80 Å². The lowest BCUT2D eigenvalue weighted by atomic mass is 10.1. The van der Waals surface area contributed by atoms with Gasteiger partial charge in [-0.05, 0) is 30.2 Å². The summed E-state index contributed by atoms with van der Waals surface area (Å²) in [5, 5.41) is 0. The summed E-state index contributed by atoms with van der Waals surface area (Å²) < 4.78 is 0. The van der Waals surface area contributed by atoms with E-state index in [0.29, 0.717) is 13.1 Å². The minimum absolute atomic E-state index is 0.117. The van der Waals surface area contributed by atoms with Crippen LogP contribution in [0.5, 0.6) is 0 Å². The second-order valence-corrected chi connectivity index (χ2v) is 7.24. The van der Waals surface area contributed by atoms with Crippen molar-refractivity contribution in [2.45, 2.75) is 20.4 Å². The summed E-state index contributed by atoms with van der Waals surface area (Å²) in [6.07, 6.45) is 0. The molecule has 2 aromatic carbocycles. The molecule has 0 aromatic heterocycles. The van der Waals surface area contributed by atoms with Crippen LogP contribution in [-0.2, 0) is 16.1 Å². The molecule has 1 N–H and O–H groups in total. The van der Waals surface area contributed by atoms with E-state index in [1.807, 2.05) is 53.1 Å². The first-order valence-corrected chi connectivity index (χ1v) is 9.53. The summed E-state index contributed by atoms with van der Waals surface area (Å²) in [6.45, 7) is 7.75. The van der Waals surface area contributed by atoms with Gasteiger partial charge in [0.2, 0.25) is 5.91 Å². The van der Waals surface area contributed by atoms with Crippen molar-refractivity contribution >= 4 is 17.5 Å². The lowest BCUT2D eigenvalue weighted by molar-refractivity contribution is -0.895. The number of benzene rings is 2. The summed E-state index contributed by atoms with van der Waals surface area (Å²) in [5.74, 6) is 0.238. The fourth-order valence-electron chi connectivity index (χ4n) is 3.51. The first-order valence-electron chi connectivity index (χ1n) is 9.53. The van der Waals surface area contributed by atoms with Crippen LogP contribution >= 0.6 is 0 Å². The SMILES string of the molecule is CC(=O)N1CC[NH+](CC(=O)N(Cc2ccccc2)c2cccc(C)c2)CC1. The molecule has 2 amide bonds. The van der Waals surface area contributed by atoms with Gasteiger partial charge >= 0.3 is 0 Å². The number of nitrogens with one attached hydrogen (secondary N) is 1. The van der Waals surface area contributed by atoms with Gasteiger partial charge in [-0.3, -0.25) is 9.59 Å². The molecule has 142 valence electrons. The normalized spacial score (nSPS) is 14.8. The number of carbonyl (C=O) groups is 2. The molecule has 5 nitrogen and oxygen atoms in total. The lowest BCUT2D eigenvalue weighted by Crippen LogP contribution is -3.15. The van der Waals surface area contributed by atoms with Gasteiger partial charge in [0.1, 0.15) is 0 Å². The molecule has 1 saturated heterocycles. The quantitative estimate of drug-likeness (QED) is 0.866. The highest BCUT2D eigenvalue weighted by Gasteiger charge is 2.26. The molecule has 0 bridgehead atoms. The molecule has 1 aliphatic heterocycles. The predicted molar refractivity (Wildman–Crippen MR) is 107 cm³/mol. The zero-order chi connectivity index (χ0) is 19.2. The molecule has 1 fully saturated rings. The summed E-state index contributed by atoms with van der Waals surface area (Å²) >= 11 is 0. The highest BCUT2D eigenvalue weighted by molar-refractivity contribution is 5.94. The number of hydrogen-bond donors (Lipinski definition) is 1. The maximum Gasteiger partial charge on any atom is 0.282 e. The molecule has 3 rings (SSSR count). The van der Waals surface area contributed by atoms with E-state index in [1.54, 1.807) is 6.92 Å². The summed E-state index contributed by atoms with van der Waals surface area (Å²) in [4.78, 5) is 29.6. The van der Waals surface area contributed by atoms with Gasteiger partial charge in [0.05, 0.1) is 32.7 Å². The second kappa shape index (κ2) is 8.82. The van der Waals surface area contributed by atoms with Crippen molar-refractivity contribution in [3.63, 3.8) is 0 Å². The van der Waals surface area contributed by atoms with Crippen molar-refractivity contribution in [2.75, 3.05) is 37.6 Å². The Morgan fingerprint density at radius 2 is 1.74 bits per heavy atom. The largest absolute Gasteiger partial charge is 0.332 e. The van der Waals surface area contributed by atoms with Gasteiger partial charge in [0.15, 0.2) is 6.54 Å². The molecule has 5 heteroatoms. The zero-order valence-electron chi connectivity index (χ0n) is 16.1. The van der Waals surface area contributed by atoms with Crippen molar-refractivity contribution in [1.29, 1.82) is 0 Å². The first kappa shape index (κ1) is 19.1. The third kappa shape index (κ3) is 5.17. The van der Waals surface area contributed by atoms with Crippen molar-refractivity contribution in [2.24, 2.45) is 0 Å². The Morgan fingerprint density at radius 3 is 2.37 bits per heavy atom. The number of hydrogen-bond acceptors (Lipinski definition) is 2. The Balaban J connectivity index is 1.72. The number of aryl methyl sites for hydroxylation is 1. The summed E-state index contributed by atoms with van der Waals surface area (Å²) in [5.41, 5.74) is 3.19. The molecular formula is C22H28N3O2+. The van der Waals surface area contributed by atoms with Crippen molar-refractivity contribution in [3.8, 4) is 0 Å². The van der Waals surface area contributed by atoms with Gasteiger partial charge in [0.25, 0.3) is 5.91 Å². The molecule has 2 aromatic rings. The lowest BCUT2D eigenvalue weighted by Gasteiger charge is -2.32. The third-order valence-corrected chi connectivity index (χ3v) is 5.11. The van der Waals surface area contributed by atoms with Crippen LogP contribution in [0.3, 0.4) is 0 Å². The van der Waals surface area contributed by atoms with Crippen molar-refractivity contribution in [3.05, 3.63) is 65.7 Å². The summed E-state index contributed by atoms with van der Waals surface area (Å²) in [6, 6.07) is 18.2. The minimum Gasteiger partial charge on any atom is -0.332 e. The topological polar surface area (TPSA) is 45.1 Å². The van der Waals surface area contributed by atoms with Crippen LogP contribution in [0.25, 0.3) is 0 Å². The Hall–Kier alpha value is -2.66. The van der Waals surface area contributed by atoms with Gasteiger partial charge in [-0.2, -0.15) is 0 Å². The van der Waals surface area contributed by atoms with Gasteiger partial charge < -0.3 is 14.7 Å². The van der Waals surface area contributed by atoms with E-state index in [2.05, 4.69) is 18.2 Å². The van der Waals surface area contributed by atoms with E-state index in [1.165, 1.54) is 4.90 Å². The van der Waals surface area contributed by atoms with E-state index in [-0.39, 0.29) is 11.8 Å². The number of amides is 2. The number of nitrogens with zero attached hydrogens (tertiary/aromatic N) is 2. The molecule has 0 spiro atoms. The van der Waals surface area contributed by atoms with E-state index < -0.39 is 0 Å². The minimum atomic E-state index is 0.117. The molecule has 0 saturated carbocycles. The Bertz CT molecular complexity index is 783. The van der Waals surface area contributed by atoms with Crippen LogP contribution in [0.4, 0.5) is 5.69 Å². The van der Waals surface area contributed by atoms with Crippen LogP contribution in [0.15, 0.2) is 54.6 Å². The van der Waals surface area contributed by atoms with Gasteiger partial charge in [-0.15, -0.1) is 0 Å². The van der Waals surface area contributed by atoms with Crippen LogP contribution in [-0.4, -0.2) is 49.4 Å². The van der Waals surface area contributed by atoms with Gasteiger partial charge in [-0.1, -0.05) is 42.5 Å². The first-order chi connectivity index (χ1) is 13.0. The van der Waals surface area contributed by atoms with E-state index in [9.17, 15) is 9.59 Å². The Morgan fingerprint density at radius 1 is 1.04 bits per heavy atom. The molecule has 0 radical (unpaired) electrons. The number of quaternary nitrogens is 1. The fraction of sp³-hybridized carbons (Fsp3) is 0.364. The number of piperazine rings is 1. The molecular weight excluding hydrogens is 338 g/mol. The van der Waals surface area contributed by atoms with E-state index >= 15 is 0 Å². The molecule has 1 aliphatic rings. The standard InChI is InChI=1S/C22H27N3O2/c1-18-7-6-10-21(15-18)25(16-20-8-4-3-5-9-20)22(27)17-23-11-13-24(14-12-23)19(2)26/h3-10,15H,11-14,16-17H2,1-2H3/p+1.